The largest absolute Gasteiger partial charge is 0.472 e. The van der Waals surface area contributed by atoms with Gasteiger partial charge in [-0.15, -0.1) is 11.3 Å². The van der Waals surface area contributed by atoms with Crippen molar-refractivity contribution in [1.29, 1.82) is 0 Å². The zero-order valence-corrected chi connectivity index (χ0v) is 26.4. The number of hydrogen-bond donors (Lipinski definition) is 2. The Morgan fingerprint density at radius 3 is 2.58 bits per heavy atom. The van der Waals surface area contributed by atoms with Crippen molar-refractivity contribution in [3.8, 4) is 16.3 Å². The smallest absolute Gasteiger partial charge is 0.254 e. The highest BCUT2D eigenvalue weighted by atomic mass is 32.1. The van der Waals surface area contributed by atoms with Crippen molar-refractivity contribution >= 4 is 23.2 Å². The van der Waals surface area contributed by atoms with Crippen molar-refractivity contribution in [2.45, 2.75) is 90.3 Å². The highest BCUT2D eigenvalue weighted by Crippen LogP contribution is 2.49. The number of thiazole rings is 1. The highest BCUT2D eigenvalue weighted by molar-refractivity contribution is 7.13. The Morgan fingerprint density at radius 1 is 1.16 bits per heavy atom. The van der Waals surface area contributed by atoms with Crippen LogP contribution in [0.4, 0.5) is 0 Å². The minimum Gasteiger partial charge on any atom is -0.472 e. The van der Waals surface area contributed by atoms with Gasteiger partial charge in [0.2, 0.25) is 11.8 Å². The van der Waals surface area contributed by atoms with Crippen LogP contribution in [-0.2, 0) is 9.59 Å². The molecule has 2 amide bonds. The Balaban J connectivity index is 1.07. The number of likely N-dealkylation sites (tertiary alicyclic amines) is 1. The van der Waals surface area contributed by atoms with Crippen LogP contribution in [0, 0.1) is 18.3 Å². The van der Waals surface area contributed by atoms with E-state index < -0.39 is 12.0 Å². The van der Waals surface area contributed by atoms with E-state index in [-0.39, 0.29) is 29.9 Å². The second kappa shape index (κ2) is 12.4. The number of carbonyl (C=O) groups excluding carboxylic acids is 2. The number of rotatable bonds is 9. The molecule has 43 heavy (non-hydrogen) atoms. The van der Waals surface area contributed by atoms with Crippen LogP contribution < -0.4 is 15.4 Å². The van der Waals surface area contributed by atoms with Gasteiger partial charge in [0.25, 0.3) is 5.88 Å². The fraction of sp³-hybridized carbons (Fsp3) is 0.576. The molecule has 4 heterocycles. The maximum atomic E-state index is 13.9. The molecule has 1 aliphatic carbocycles. The van der Waals surface area contributed by atoms with Crippen LogP contribution in [0.2, 0.25) is 0 Å². The SMILES string of the molecule is Cc1ncsc1-c1ccc([C@H](C)NC(=O)[C@@H]2CCCN2C(=O)[C@@H](c2cc(OC3CC4(CCNCC4)C3)no2)C(C)C)cc1. The average Bonchev–Trinajstić information content (AvgIpc) is 3.74. The number of piperidine rings is 1. The summed E-state index contributed by atoms with van der Waals surface area (Å²) in [6.45, 7) is 10.7. The Hall–Kier alpha value is -3.24. The number of ether oxygens (including phenoxy) is 1. The summed E-state index contributed by atoms with van der Waals surface area (Å²) in [5.74, 6) is 0.172. The predicted molar refractivity (Wildman–Crippen MR) is 166 cm³/mol. The number of benzene rings is 1. The molecular weight excluding hydrogens is 562 g/mol. The first-order chi connectivity index (χ1) is 20.7. The molecule has 2 aromatic heterocycles. The van der Waals surface area contributed by atoms with Gasteiger partial charge in [-0.1, -0.05) is 38.1 Å². The number of amides is 2. The van der Waals surface area contributed by atoms with E-state index in [1.54, 1.807) is 22.3 Å². The first-order valence-corrected chi connectivity index (χ1v) is 16.6. The molecule has 0 bridgehead atoms. The predicted octanol–water partition coefficient (Wildman–Crippen LogP) is 5.63. The second-order valence-electron chi connectivity index (χ2n) is 13.0. The molecular formula is C33H43N5O4S. The van der Waals surface area contributed by atoms with Crippen molar-refractivity contribution in [2.75, 3.05) is 19.6 Å². The molecule has 1 saturated carbocycles. The lowest BCUT2D eigenvalue weighted by atomic mass is 9.62. The molecule has 0 radical (unpaired) electrons. The van der Waals surface area contributed by atoms with Gasteiger partial charge in [-0.25, -0.2) is 4.98 Å². The number of aryl methyl sites for hydroxylation is 1. The molecule has 230 valence electrons. The van der Waals surface area contributed by atoms with Crippen LogP contribution in [0.15, 0.2) is 40.4 Å². The van der Waals surface area contributed by atoms with E-state index in [1.807, 2.05) is 45.3 Å². The van der Waals surface area contributed by atoms with E-state index in [0.29, 0.717) is 30.0 Å². The van der Waals surface area contributed by atoms with Gasteiger partial charge in [0.05, 0.1) is 22.1 Å². The van der Waals surface area contributed by atoms with Gasteiger partial charge in [-0.05, 0) is 93.1 Å². The van der Waals surface area contributed by atoms with Gasteiger partial charge in [0, 0.05) is 12.6 Å². The van der Waals surface area contributed by atoms with Crippen LogP contribution in [0.3, 0.4) is 0 Å². The van der Waals surface area contributed by atoms with E-state index in [9.17, 15) is 9.59 Å². The van der Waals surface area contributed by atoms with E-state index in [4.69, 9.17) is 9.26 Å². The zero-order valence-electron chi connectivity index (χ0n) is 25.6. The van der Waals surface area contributed by atoms with E-state index in [1.165, 1.54) is 12.8 Å². The fourth-order valence-corrected chi connectivity index (χ4v) is 7.92. The lowest BCUT2D eigenvalue weighted by Crippen LogP contribution is -2.49. The van der Waals surface area contributed by atoms with Crippen molar-refractivity contribution in [3.05, 3.63) is 52.9 Å². The summed E-state index contributed by atoms with van der Waals surface area (Å²) in [6.07, 6.45) is 6.06. The van der Waals surface area contributed by atoms with Crippen molar-refractivity contribution in [1.82, 2.24) is 25.7 Å². The van der Waals surface area contributed by atoms with Crippen LogP contribution >= 0.6 is 11.3 Å². The number of aromatic nitrogens is 2. The van der Waals surface area contributed by atoms with Gasteiger partial charge in [-0.2, -0.15) is 0 Å². The molecule has 3 aromatic rings. The second-order valence-corrected chi connectivity index (χ2v) is 13.9. The van der Waals surface area contributed by atoms with E-state index >= 15 is 0 Å². The summed E-state index contributed by atoms with van der Waals surface area (Å²) >= 11 is 1.62. The van der Waals surface area contributed by atoms with Gasteiger partial charge in [-0.3, -0.25) is 9.59 Å². The lowest BCUT2D eigenvalue weighted by Gasteiger charge is -2.49. The maximum absolute atomic E-state index is 13.9. The Bertz CT molecular complexity index is 1420. The van der Waals surface area contributed by atoms with Crippen molar-refractivity contribution in [2.24, 2.45) is 11.3 Å². The molecule has 1 aromatic carbocycles. The minimum absolute atomic E-state index is 0.0288. The quantitative estimate of drug-likeness (QED) is 0.326. The first-order valence-electron chi connectivity index (χ1n) is 15.7. The first kappa shape index (κ1) is 29.8. The molecule has 3 atom stereocenters. The molecule has 2 N–H and O–H groups in total. The van der Waals surface area contributed by atoms with Gasteiger partial charge < -0.3 is 24.8 Å². The Labute approximate surface area is 257 Å². The summed E-state index contributed by atoms with van der Waals surface area (Å²) in [5.41, 5.74) is 5.42. The molecule has 1 spiro atoms. The van der Waals surface area contributed by atoms with Crippen LogP contribution in [-0.4, -0.2) is 58.6 Å². The van der Waals surface area contributed by atoms with E-state index in [2.05, 4.69) is 32.9 Å². The van der Waals surface area contributed by atoms with Crippen LogP contribution in [0.5, 0.6) is 5.88 Å². The lowest BCUT2D eigenvalue weighted by molar-refractivity contribution is -0.141. The van der Waals surface area contributed by atoms with Crippen molar-refractivity contribution in [3.63, 3.8) is 0 Å². The molecule has 3 fully saturated rings. The zero-order chi connectivity index (χ0) is 30.1. The van der Waals surface area contributed by atoms with Crippen molar-refractivity contribution < 1.29 is 18.8 Å². The number of hydrogen-bond acceptors (Lipinski definition) is 8. The van der Waals surface area contributed by atoms with Gasteiger partial charge in [0.15, 0.2) is 5.76 Å². The van der Waals surface area contributed by atoms with Gasteiger partial charge >= 0.3 is 0 Å². The Morgan fingerprint density at radius 2 is 1.91 bits per heavy atom. The van der Waals surface area contributed by atoms with Crippen LogP contribution in [0.1, 0.15) is 88.3 Å². The highest BCUT2D eigenvalue weighted by Gasteiger charge is 2.46. The molecule has 10 heteroatoms. The number of nitrogens with zero attached hydrogens (tertiary/aromatic N) is 3. The standard InChI is InChI=1S/C33H43N5O4S/c1-20(2)29(27-16-28(37-42-27)41-25-17-33(18-25)11-13-34-14-12-33)32(40)38-15-5-6-26(38)31(39)36-21(3)23-7-9-24(10-8-23)30-22(4)35-19-43-30/h7-10,16,19-21,25-26,29,34H,5-6,11-15,17-18H2,1-4H3,(H,36,39)/t21-,26-,29+/m0/s1. The van der Waals surface area contributed by atoms with E-state index in [0.717, 1.165) is 54.0 Å². The molecule has 2 saturated heterocycles. The van der Waals surface area contributed by atoms with Gasteiger partial charge in [0.1, 0.15) is 18.1 Å². The maximum Gasteiger partial charge on any atom is 0.254 e. The molecule has 3 aliphatic rings. The summed E-state index contributed by atoms with van der Waals surface area (Å²) in [6, 6.07) is 9.32. The minimum atomic E-state index is -0.532. The van der Waals surface area contributed by atoms with Crippen LogP contribution in [0.25, 0.3) is 10.4 Å². The fourth-order valence-electron chi connectivity index (χ4n) is 7.11. The molecule has 9 nitrogen and oxygen atoms in total. The topological polar surface area (TPSA) is 110 Å². The third-order valence-corrected chi connectivity index (χ3v) is 10.6. The number of nitrogens with one attached hydrogen (secondary N) is 2. The molecule has 2 aliphatic heterocycles. The third-order valence-electron chi connectivity index (χ3n) is 9.63. The summed E-state index contributed by atoms with van der Waals surface area (Å²) in [7, 11) is 0. The Kier molecular flexibility index (Phi) is 8.60. The molecule has 6 rings (SSSR count). The summed E-state index contributed by atoms with van der Waals surface area (Å²) < 4.78 is 11.9. The molecule has 0 unspecified atom stereocenters. The number of carbonyl (C=O) groups is 2. The monoisotopic (exact) mass is 605 g/mol. The summed E-state index contributed by atoms with van der Waals surface area (Å²) in [4.78, 5) is 34.7. The third kappa shape index (κ3) is 6.22. The summed E-state index contributed by atoms with van der Waals surface area (Å²) in [5, 5.41) is 10.8. The normalized spacial score (nSPS) is 21.5. The average molecular weight is 606 g/mol.